The van der Waals surface area contributed by atoms with E-state index in [2.05, 4.69) is 43.1 Å². The molecule has 3 fully saturated rings. The standard InChI is InChI=1S/C28H38N8O2/c1-28(38-4,34(2)3)23-13-18-15-30-27(33-26(18)36(23)21-7-5-6-8-21)32-24-12-11-22(16-29-24)35-17-20-10-9-19(31-20)14-25(35)37/h11-13,15-16,19-21,31H,5-10,14,17H2,1-4H3,(H,29,30,32,33)/t19-,20+,28?/m1/s1. The predicted octanol–water partition coefficient (Wildman–Crippen LogP) is 3.92. The Morgan fingerprint density at radius 1 is 1.11 bits per heavy atom. The molecule has 38 heavy (non-hydrogen) atoms. The Morgan fingerprint density at radius 2 is 1.89 bits per heavy atom. The van der Waals surface area contributed by atoms with Gasteiger partial charge in [-0.15, -0.1) is 0 Å². The van der Waals surface area contributed by atoms with E-state index in [-0.39, 0.29) is 5.91 Å². The summed E-state index contributed by atoms with van der Waals surface area (Å²) in [5.41, 5.74) is 2.23. The van der Waals surface area contributed by atoms with Crippen LogP contribution in [0.3, 0.4) is 0 Å². The Kier molecular flexibility index (Phi) is 6.57. The van der Waals surface area contributed by atoms with E-state index in [0.717, 1.165) is 48.1 Å². The van der Waals surface area contributed by atoms with Crippen LogP contribution in [0, 0.1) is 0 Å². The molecular weight excluding hydrogens is 480 g/mol. The van der Waals surface area contributed by atoms with Crippen LogP contribution in [0.25, 0.3) is 11.0 Å². The molecule has 3 aromatic heterocycles. The highest BCUT2D eigenvalue weighted by Gasteiger charge is 2.36. The van der Waals surface area contributed by atoms with E-state index in [9.17, 15) is 4.79 Å². The highest BCUT2D eigenvalue weighted by Crippen LogP contribution is 2.39. The second kappa shape index (κ2) is 9.91. The largest absolute Gasteiger partial charge is 0.358 e. The smallest absolute Gasteiger partial charge is 0.230 e. The van der Waals surface area contributed by atoms with Gasteiger partial charge in [-0.2, -0.15) is 4.98 Å². The van der Waals surface area contributed by atoms with E-state index in [4.69, 9.17) is 9.72 Å². The molecule has 2 aliphatic heterocycles. The van der Waals surface area contributed by atoms with Gasteiger partial charge in [0.15, 0.2) is 5.72 Å². The number of anilines is 3. The van der Waals surface area contributed by atoms with Crippen molar-refractivity contribution >= 4 is 34.4 Å². The maximum absolute atomic E-state index is 12.8. The van der Waals surface area contributed by atoms with Gasteiger partial charge in [-0.3, -0.25) is 9.69 Å². The molecule has 3 atom stereocenters. The number of hydrogen-bond donors (Lipinski definition) is 2. The second-order valence-corrected chi connectivity index (χ2v) is 11.3. The topological polar surface area (TPSA) is 100 Å². The molecule has 2 N–H and O–H groups in total. The maximum atomic E-state index is 12.8. The van der Waals surface area contributed by atoms with Gasteiger partial charge in [0.05, 0.1) is 17.6 Å². The molecule has 3 aliphatic rings. The fourth-order valence-electron chi connectivity index (χ4n) is 6.31. The lowest BCUT2D eigenvalue weighted by Crippen LogP contribution is -2.42. The van der Waals surface area contributed by atoms with Crippen LogP contribution < -0.4 is 15.5 Å². The van der Waals surface area contributed by atoms with E-state index in [1.54, 1.807) is 13.3 Å². The lowest BCUT2D eigenvalue weighted by atomic mass is 10.1. The minimum absolute atomic E-state index is 0.158. The first-order chi connectivity index (χ1) is 18.4. The second-order valence-electron chi connectivity index (χ2n) is 11.3. The molecule has 10 nitrogen and oxygen atoms in total. The van der Waals surface area contributed by atoms with E-state index < -0.39 is 5.72 Å². The zero-order valence-electron chi connectivity index (χ0n) is 22.8. The Hall–Kier alpha value is -3.08. The van der Waals surface area contributed by atoms with Gasteiger partial charge in [-0.05, 0) is 64.9 Å². The third-order valence-electron chi connectivity index (χ3n) is 8.75. The fourth-order valence-corrected chi connectivity index (χ4v) is 6.31. The zero-order chi connectivity index (χ0) is 26.4. The van der Waals surface area contributed by atoms with Crippen molar-refractivity contribution in [3.8, 4) is 0 Å². The summed E-state index contributed by atoms with van der Waals surface area (Å²) < 4.78 is 8.40. The van der Waals surface area contributed by atoms with Crippen LogP contribution in [0.4, 0.5) is 17.5 Å². The van der Waals surface area contributed by atoms with Gasteiger partial charge in [0.2, 0.25) is 11.9 Å². The molecular formula is C28H38N8O2. The van der Waals surface area contributed by atoms with Crippen LogP contribution in [-0.4, -0.2) is 70.2 Å². The van der Waals surface area contributed by atoms with Gasteiger partial charge in [-0.25, -0.2) is 9.97 Å². The van der Waals surface area contributed by atoms with E-state index >= 15 is 0 Å². The first kappa shape index (κ1) is 25.2. The third-order valence-corrected chi connectivity index (χ3v) is 8.75. The number of carbonyl (C=O) groups is 1. The van der Waals surface area contributed by atoms with Crippen LogP contribution in [-0.2, 0) is 15.3 Å². The number of methoxy groups -OCH3 is 1. The lowest BCUT2D eigenvalue weighted by molar-refractivity contribution is -0.118. The number of fused-ring (bicyclic) bond motifs is 3. The Bertz CT molecular complexity index is 1320. The summed E-state index contributed by atoms with van der Waals surface area (Å²) in [5, 5.41) is 7.83. The number of amides is 1. The molecule has 1 saturated carbocycles. The minimum atomic E-state index is -0.589. The van der Waals surface area contributed by atoms with Crippen molar-refractivity contribution in [1.82, 2.24) is 29.7 Å². The molecule has 6 rings (SSSR count). The highest BCUT2D eigenvalue weighted by molar-refractivity contribution is 5.94. The summed E-state index contributed by atoms with van der Waals surface area (Å²) >= 11 is 0. The predicted molar refractivity (Wildman–Crippen MR) is 148 cm³/mol. The van der Waals surface area contributed by atoms with Gasteiger partial charge >= 0.3 is 0 Å². The highest BCUT2D eigenvalue weighted by atomic mass is 16.5. The Balaban J connectivity index is 1.28. The number of ether oxygens (including phenoxy) is 1. The molecule has 2 saturated heterocycles. The summed E-state index contributed by atoms with van der Waals surface area (Å²) in [6.07, 6.45) is 11.1. The molecule has 1 amide bonds. The fraction of sp³-hybridized carbons (Fsp3) is 0.571. The Morgan fingerprint density at radius 3 is 2.61 bits per heavy atom. The third kappa shape index (κ3) is 4.44. The van der Waals surface area contributed by atoms with Crippen LogP contribution in [0.1, 0.15) is 63.6 Å². The van der Waals surface area contributed by atoms with Gasteiger partial charge < -0.3 is 24.8 Å². The normalized spacial score (nSPS) is 23.8. The summed E-state index contributed by atoms with van der Waals surface area (Å²) in [5.74, 6) is 1.30. The molecule has 0 radical (unpaired) electrons. The Labute approximate surface area is 223 Å². The molecule has 0 spiro atoms. The van der Waals surface area contributed by atoms with Crippen molar-refractivity contribution in [3.05, 3.63) is 36.3 Å². The molecule has 3 aromatic rings. The molecule has 2 bridgehead atoms. The molecule has 5 heterocycles. The average molecular weight is 519 g/mol. The van der Waals surface area contributed by atoms with Gasteiger partial charge in [0, 0.05) is 49.8 Å². The molecule has 202 valence electrons. The van der Waals surface area contributed by atoms with E-state index in [1.165, 1.54) is 12.8 Å². The van der Waals surface area contributed by atoms with Crippen molar-refractivity contribution in [2.45, 2.75) is 75.7 Å². The van der Waals surface area contributed by atoms with Crippen LogP contribution >= 0.6 is 0 Å². The average Bonchev–Trinajstić information content (AvgIpc) is 3.64. The quantitative estimate of drug-likeness (QED) is 0.454. The molecule has 1 unspecified atom stereocenters. The number of aromatic nitrogens is 4. The minimum Gasteiger partial charge on any atom is -0.358 e. The number of hydrogen-bond acceptors (Lipinski definition) is 8. The van der Waals surface area contributed by atoms with Crippen molar-refractivity contribution in [1.29, 1.82) is 0 Å². The van der Waals surface area contributed by atoms with Gasteiger partial charge in [0.1, 0.15) is 11.5 Å². The summed E-state index contributed by atoms with van der Waals surface area (Å²) in [7, 11) is 5.83. The van der Waals surface area contributed by atoms with Gasteiger partial charge in [-0.1, -0.05) is 12.8 Å². The van der Waals surface area contributed by atoms with E-state index in [1.807, 2.05) is 37.3 Å². The number of pyridine rings is 1. The lowest BCUT2D eigenvalue weighted by Gasteiger charge is -2.37. The monoisotopic (exact) mass is 518 g/mol. The van der Waals surface area contributed by atoms with E-state index in [0.29, 0.717) is 42.9 Å². The van der Waals surface area contributed by atoms with Gasteiger partial charge in [0.25, 0.3) is 0 Å². The summed E-state index contributed by atoms with van der Waals surface area (Å²) in [6.45, 7) is 2.79. The molecule has 10 heteroatoms. The number of rotatable bonds is 7. The van der Waals surface area contributed by atoms with Crippen molar-refractivity contribution < 1.29 is 9.53 Å². The molecule has 1 aliphatic carbocycles. The van der Waals surface area contributed by atoms with Crippen molar-refractivity contribution in [3.63, 3.8) is 0 Å². The first-order valence-corrected chi connectivity index (χ1v) is 13.8. The summed E-state index contributed by atoms with van der Waals surface area (Å²) in [6, 6.07) is 7.05. The van der Waals surface area contributed by atoms with Crippen molar-refractivity contribution in [2.75, 3.05) is 38.0 Å². The van der Waals surface area contributed by atoms with Crippen molar-refractivity contribution in [2.24, 2.45) is 0 Å². The van der Waals surface area contributed by atoms with Crippen LogP contribution in [0.2, 0.25) is 0 Å². The van der Waals surface area contributed by atoms with Crippen LogP contribution in [0.5, 0.6) is 0 Å². The summed E-state index contributed by atoms with van der Waals surface area (Å²) in [4.78, 5) is 30.9. The number of carbonyl (C=O) groups excluding carboxylic acids is 1. The first-order valence-electron chi connectivity index (χ1n) is 13.8. The van der Waals surface area contributed by atoms with Crippen LogP contribution in [0.15, 0.2) is 30.6 Å². The number of nitrogens with zero attached hydrogens (tertiary/aromatic N) is 6. The SMILES string of the molecule is COC(C)(c1cc2cnc(Nc3ccc(N4C[C@@H]5CC[C@H](CC4=O)N5)cn3)nc2n1C1CCCC1)N(C)C. The maximum Gasteiger partial charge on any atom is 0.230 e. The zero-order valence-corrected chi connectivity index (χ0v) is 22.8. The molecule has 0 aromatic carbocycles. The number of nitrogens with one attached hydrogen (secondary N) is 2.